The highest BCUT2D eigenvalue weighted by Gasteiger charge is 2.28. The second kappa shape index (κ2) is 8.11. The Hall–Kier alpha value is -1.15. The fraction of sp³-hybridized carbons (Fsp3) is 0.588. The molecule has 3 atom stereocenters. The Balaban J connectivity index is 2.89. The van der Waals surface area contributed by atoms with Crippen LogP contribution in [-0.2, 0) is 9.53 Å². The zero-order valence-electron chi connectivity index (χ0n) is 12.6. The molecule has 1 aromatic carbocycles. The molecule has 1 rings (SSSR count). The SMILES string of the molecule is CCC(C)C(C(=O)C(C)CCOC)c1ccccc1. The summed E-state index contributed by atoms with van der Waals surface area (Å²) in [6, 6.07) is 10.2. The van der Waals surface area contributed by atoms with E-state index >= 15 is 0 Å². The number of benzene rings is 1. The summed E-state index contributed by atoms with van der Waals surface area (Å²) in [5, 5.41) is 0. The number of ether oxygens (including phenoxy) is 1. The van der Waals surface area contributed by atoms with Crippen LogP contribution in [0.5, 0.6) is 0 Å². The quantitative estimate of drug-likeness (QED) is 0.706. The largest absolute Gasteiger partial charge is 0.385 e. The predicted octanol–water partition coefficient (Wildman–Crippen LogP) is 4.06. The van der Waals surface area contributed by atoms with Gasteiger partial charge in [0.05, 0.1) is 0 Å². The van der Waals surface area contributed by atoms with Crippen LogP contribution in [0.3, 0.4) is 0 Å². The lowest BCUT2D eigenvalue weighted by atomic mass is 9.78. The maximum Gasteiger partial charge on any atom is 0.143 e. The maximum atomic E-state index is 12.7. The average Bonchev–Trinajstić information content (AvgIpc) is 2.45. The summed E-state index contributed by atoms with van der Waals surface area (Å²) < 4.78 is 5.08. The van der Waals surface area contributed by atoms with Crippen LogP contribution in [0.15, 0.2) is 30.3 Å². The number of Topliss-reactive ketones (excluding diaryl/α,β-unsaturated/α-hetero) is 1. The van der Waals surface area contributed by atoms with E-state index < -0.39 is 0 Å². The zero-order chi connectivity index (χ0) is 14.3. The van der Waals surface area contributed by atoms with Gasteiger partial charge in [0.25, 0.3) is 0 Å². The van der Waals surface area contributed by atoms with Crippen molar-refractivity contribution in [2.45, 2.75) is 39.5 Å². The van der Waals surface area contributed by atoms with Gasteiger partial charge in [0, 0.05) is 25.6 Å². The molecular weight excluding hydrogens is 236 g/mol. The Bertz CT molecular complexity index is 372. The predicted molar refractivity (Wildman–Crippen MR) is 79.3 cm³/mol. The Morgan fingerprint density at radius 3 is 2.37 bits per heavy atom. The van der Waals surface area contributed by atoms with E-state index in [1.54, 1.807) is 7.11 Å². The van der Waals surface area contributed by atoms with Crippen LogP contribution in [0.1, 0.15) is 45.1 Å². The van der Waals surface area contributed by atoms with Crippen molar-refractivity contribution in [3.05, 3.63) is 35.9 Å². The van der Waals surface area contributed by atoms with E-state index in [4.69, 9.17) is 4.74 Å². The van der Waals surface area contributed by atoms with E-state index in [1.165, 1.54) is 0 Å². The van der Waals surface area contributed by atoms with E-state index in [0.29, 0.717) is 18.3 Å². The highest BCUT2D eigenvalue weighted by atomic mass is 16.5. The van der Waals surface area contributed by atoms with Crippen LogP contribution in [-0.4, -0.2) is 19.5 Å². The Labute approximate surface area is 117 Å². The van der Waals surface area contributed by atoms with Gasteiger partial charge in [-0.15, -0.1) is 0 Å². The molecule has 0 amide bonds. The van der Waals surface area contributed by atoms with Crippen LogP contribution in [0.4, 0.5) is 0 Å². The molecule has 0 aliphatic heterocycles. The molecule has 0 aromatic heterocycles. The van der Waals surface area contributed by atoms with E-state index in [1.807, 2.05) is 25.1 Å². The summed E-state index contributed by atoms with van der Waals surface area (Å²) in [5.74, 6) is 0.787. The second-order valence-corrected chi connectivity index (χ2v) is 5.36. The molecule has 0 aliphatic carbocycles. The van der Waals surface area contributed by atoms with Gasteiger partial charge in [0.15, 0.2) is 0 Å². The highest BCUT2D eigenvalue weighted by molar-refractivity contribution is 5.87. The van der Waals surface area contributed by atoms with Crippen LogP contribution in [0.25, 0.3) is 0 Å². The summed E-state index contributed by atoms with van der Waals surface area (Å²) in [5.41, 5.74) is 1.14. The lowest BCUT2D eigenvalue weighted by Gasteiger charge is -2.25. The monoisotopic (exact) mass is 262 g/mol. The van der Waals surface area contributed by atoms with Gasteiger partial charge in [-0.05, 0) is 17.9 Å². The molecule has 0 heterocycles. The van der Waals surface area contributed by atoms with Crippen LogP contribution >= 0.6 is 0 Å². The fourth-order valence-corrected chi connectivity index (χ4v) is 2.41. The minimum Gasteiger partial charge on any atom is -0.385 e. The molecule has 0 fully saturated rings. The average molecular weight is 262 g/mol. The number of hydrogen-bond donors (Lipinski definition) is 0. The molecule has 3 unspecified atom stereocenters. The number of rotatable bonds is 8. The first-order chi connectivity index (χ1) is 9.11. The van der Waals surface area contributed by atoms with Gasteiger partial charge in [-0.25, -0.2) is 0 Å². The lowest BCUT2D eigenvalue weighted by Crippen LogP contribution is -2.26. The number of ketones is 1. The van der Waals surface area contributed by atoms with Crippen molar-refractivity contribution >= 4 is 5.78 Å². The summed E-state index contributed by atoms with van der Waals surface area (Å²) >= 11 is 0. The summed E-state index contributed by atoms with van der Waals surface area (Å²) in [6.07, 6.45) is 1.82. The molecule has 2 nitrogen and oxygen atoms in total. The summed E-state index contributed by atoms with van der Waals surface area (Å²) in [4.78, 5) is 12.7. The molecule has 2 heteroatoms. The molecule has 0 saturated carbocycles. The van der Waals surface area contributed by atoms with Gasteiger partial charge < -0.3 is 4.74 Å². The molecule has 0 saturated heterocycles. The first-order valence-electron chi connectivity index (χ1n) is 7.19. The van der Waals surface area contributed by atoms with Crippen molar-refractivity contribution in [2.24, 2.45) is 11.8 Å². The molecule has 106 valence electrons. The Morgan fingerprint density at radius 1 is 1.21 bits per heavy atom. The van der Waals surface area contributed by atoms with E-state index in [9.17, 15) is 4.79 Å². The zero-order valence-corrected chi connectivity index (χ0v) is 12.6. The molecule has 19 heavy (non-hydrogen) atoms. The summed E-state index contributed by atoms with van der Waals surface area (Å²) in [7, 11) is 1.68. The third kappa shape index (κ3) is 4.46. The summed E-state index contributed by atoms with van der Waals surface area (Å²) in [6.45, 7) is 6.97. The fourth-order valence-electron chi connectivity index (χ4n) is 2.41. The third-order valence-electron chi connectivity index (χ3n) is 3.92. The Kier molecular flexibility index (Phi) is 6.79. The van der Waals surface area contributed by atoms with E-state index in [2.05, 4.69) is 26.0 Å². The van der Waals surface area contributed by atoms with Crippen molar-refractivity contribution in [1.29, 1.82) is 0 Å². The van der Waals surface area contributed by atoms with Crippen molar-refractivity contribution in [3.8, 4) is 0 Å². The van der Waals surface area contributed by atoms with Gasteiger partial charge in [-0.2, -0.15) is 0 Å². The van der Waals surface area contributed by atoms with Gasteiger partial charge in [0.1, 0.15) is 5.78 Å². The number of hydrogen-bond acceptors (Lipinski definition) is 2. The van der Waals surface area contributed by atoms with Crippen molar-refractivity contribution in [3.63, 3.8) is 0 Å². The van der Waals surface area contributed by atoms with Crippen molar-refractivity contribution < 1.29 is 9.53 Å². The number of carbonyl (C=O) groups excluding carboxylic acids is 1. The molecule has 0 N–H and O–H groups in total. The van der Waals surface area contributed by atoms with Crippen LogP contribution in [0, 0.1) is 11.8 Å². The molecular formula is C17H26O2. The normalized spacial score (nSPS) is 15.8. The van der Waals surface area contributed by atoms with Crippen molar-refractivity contribution in [2.75, 3.05) is 13.7 Å². The first kappa shape index (κ1) is 15.9. The van der Waals surface area contributed by atoms with Gasteiger partial charge in [0.2, 0.25) is 0 Å². The van der Waals surface area contributed by atoms with Gasteiger partial charge in [-0.3, -0.25) is 4.79 Å². The minimum absolute atomic E-state index is 0.0121. The van der Waals surface area contributed by atoms with E-state index in [0.717, 1.165) is 18.4 Å². The maximum absolute atomic E-state index is 12.7. The molecule has 1 aromatic rings. The van der Waals surface area contributed by atoms with E-state index in [-0.39, 0.29) is 11.8 Å². The molecule has 0 radical (unpaired) electrons. The van der Waals surface area contributed by atoms with Crippen molar-refractivity contribution in [1.82, 2.24) is 0 Å². The number of carbonyl (C=O) groups is 1. The molecule has 0 bridgehead atoms. The standard InChI is InChI=1S/C17H26O2/c1-5-13(2)16(15-9-7-6-8-10-15)17(18)14(3)11-12-19-4/h6-10,13-14,16H,5,11-12H2,1-4H3. The highest BCUT2D eigenvalue weighted by Crippen LogP contribution is 2.31. The molecule has 0 aliphatic rings. The smallest absolute Gasteiger partial charge is 0.143 e. The second-order valence-electron chi connectivity index (χ2n) is 5.36. The topological polar surface area (TPSA) is 26.3 Å². The Morgan fingerprint density at radius 2 is 1.84 bits per heavy atom. The minimum atomic E-state index is 0.0121. The third-order valence-corrected chi connectivity index (χ3v) is 3.92. The van der Waals surface area contributed by atoms with Gasteiger partial charge >= 0.3 is 0 Å². The first-order valence-corrected chi connectivity index (χ1v) is 7.19. The van der Waals surface area contributed by atoms with Crippen LogP contribution < -0.4 is 0 Å². The van der Waals surface area contributed by atoms with Gasteiger partial charge in [-0.1, -0.05) is 57.5 Å². The number of methoxy groups -OCH3 is 1. The molecule has 0 spiro atoms. The lowest BCUT2D eigenvalue weighted by molar-refractivity contribution is -0.125. The van der Waals surface area contributed by atoms with Crippen LogP contribution in [0.2, 0.25) is 0 Å².